The molecule has 0 spiro atoms. The number of rotatable bonds is 20. The molecule has 0 aromatic heterocycles. The Morgan fingerprint density at radius 3 is 2.40 bits per heavy atom. The van der Waals surface area contributed by atoms with Crippen molar-refractivity contribution >= 4 is 11.8 Å². The topological polar surface area (TPSA) is 138 Å². The van der Waals surface area contributed by atoms with Gasteiger partial charge in [0.1, 0.15) is 29.9 Å². The van der Waals surface area contributed by atoms with Gasteiger partial charge in [-0.25, -0.2) is 4.79 Å². The zero-order chi connectivity index (χ0) is 45.3. The Kier molecular flexibility index (Phi) is 14.8. The van der Waals surface area contributed by atoms with E-state index < -0.39 is 23.8 Å². The molecular formula is C53H62N2O10. The fourth-order valence-corrected chi connectivity index (χ4v) is 10.1. The normalized spacial score (nSPS) is 23.1. The lowest BCUT2D eigenvalue weighted by Gasteiger charge is -2.59. The maximum atomic E-state index is 14.6. The van der Waals surface area contributed by atoms with Crippen molar-refractivity contribution < 1.29 is 48.3 Å². The summed E-state index contributed by atoms with van der Waals surface area (Å²) in [5, 5.41) is 25.0. The number of benzene rings is 4. The van der Waals surface area contributed by atoms with Gasteiger partial charge >= 0.3 is 6.09 Å². The number of unbranched alkanes of at least 4 members (excludes halogenated alkanes) is 2. The van der Waals surface area contributed by atoms with E-state index in [0.29, 0.717) is 41.6 Å². The van der Waals surface area contributed by atoms with Crippen LogP contribution in [0, 0.1) is 31.6 Å². The molecule has 0 saturated heterocycles. The van der Waals surface area contributed by atoms with Crippen molar-refractivity contribution in [2.75, 3.05) is 33.2 Å². The summed E-state index contributed by atoms with van der Waals surface area (Å²) in [7, 11) is 0. The molecule has 1 fully saturated rings. The smallest absolute Gasteiger partial charge is 0.410 e. The van der Waals surface area contributed by atoms with Gasteiger partial charge in [0.2, 0.25) is 12.6 Å². The fourth-order valence-electron chi connectivity index (χ4n) is 10.1. The van der Waals surface area contributed by atoms with Gasteiger partial charge in [0, 0.05) is 37.7 Å². The van der Waals surface area contributed by atoms with Gasteiger partial charge in [0.05, 0.1) is 24.8 Å². The van der Waals surface area contributed by atoms with Crippen molar-refractivity contribution in [2.24, 2.45) is 22.9 Å². The quantitative estimate of drug-likeness (QED) is 0.0501. The van der Waals surface area contributed by atoms with E-state index in [1.54, 1.807) is 17.9 Å². The second-order valence-electron chi connectivity index (χ2n) is 17.4. The van der Waals surface area contributed by atoms with E-state index in [0.717, 1.165) is 59.3 Å². The first-order valence-corrected chi connectivity index (χ1v) is 23.1. The van der Waals surface area contributed by atoms with E-state index in [9.17, 15) is 15.0 Å². The molecule has 2 aliphatic heterocycles. The van der Waals surface area contributed by atoms with E-state index >= 15 is 0 Å². The largest absolute Gasteiger partial charge is 0.459 e. The number of hydrogen-bond acceptors (Lipinski definition) is 11. The number of carbonyl (C=O) groups is 1. The molecule has 4 aromatic carbocycles. The fraction of sp³-hybridized carbons (Fsp3) is 0.434. The van der Waals surface area contributed by atoms with Crippen LogP contribution in [-0.2, 0) is 27.5 Å². The summed E-state index contributed by atoms with van der Waals surface area (Å²) in [5.41, 5.74) is 6.67. The molecule has 65 heavy (non-hydrogen) atoms. The highest BCUT2D eigenvalue weighted by Gasteiger charge is 2.65. The number of aliphatic hydroxyl groups excluding tert-OH is 2. The number of aryl methyl sites for hydroxylation is 2. The number of nitrogens with zero attached hydrogens (tertiary/aromatic N) is 2. The minimum Gasteiger partial charge on any atom is -0.459 e. The highest BCUT2D eigenvalue weighted by Crippen LogP contribution is 2.62. The number of hydrogen-bond donors (Lipinski definition) is 2. The molecule has 0 bridgehead atoms. The number of fused-ring (bicyclic) bond motifs is 3. The SMILES string of the molecule is C=CCO[C@@]12Oc3ccc(Oc4ccc(C)c(C)c4)cc3[C@H]3[C@H](CCCCO)[C@@H](CCCCO)C=C(C(=NOCc4ccccc4)C[C@@H]1N(Cc1ccc4c(c1)OCO4)C(=O)OCC)[C@H]32. The minimum absolute atomic E-state index is 0.0374. The van der Waals surface area contributed by atoms with Gasteiger partial charge in [0.15, 0.2) is 11.5 Å². The van der Waals surface area contributed by atoms with Gasteiger partial charge in [0.25, 0.3) is 0 Å². The van der Waals surface area contributed by atoms with Crippen molar-refractivity contribution in [1.29, 1.82) is 0 Å². The third-order valence-corrected chi connectivity index (χ3v) is 13.3. The number of aliphatic hydroxyl groups is 2. The number of allylic oxidation sites excluding steroid dienone is 1. The van der Waals surface area contributed by atoms with E-state index in [1.807, 2.05) is 72.8 Å². The first-order valence-electron chi connectivity index (χ1n) is 23.1. The van der Waals surface area contributed by atoms with E-state index in [2.05, 4.69) is 38.6 Å². The summed E-state index contributed by atoms with van der Waals surface area (Å²) in [5.74, 6) is 1.15. The van der Waals surface area contributed by atoms with Crippen LogP contribution in [0.25, 0.3) is 0 Å². The van der Waals surface area contributed by atoms with Gasteiger partial charge in [-0.3, -0.25) is 4.90 Å². The summed E-state index contributed by atoms with van der Waals surface area (Å²) in [6.07, 6.45) is 8.30. The Hall–Kier alpha value is -5.82. The Labute approximate surface area is 382 Å². The summed E-state index contributed by atoms with van der Waals surface area (Å²) in [6.45, 7) is 11.0. The van der Waals surface area contributed by atoms with E-state index in [4.69, 9.17) is 38.4 Å². The maximum absolute atomic E-state index is 14.6. The van der Waals surface area contributed by atoms with E-state index in [1.165, 1.54) is 5.56 Å². The minimum atomic E-state index is -1.47. The van der Waals surface area contributed by atoms with Crippen LogP contribution in [0.15, 0.2) is 114 Å². The van der Waals surface area contributed by atoms with Crippen molar-refractivity contribution in [2.45, 2.75) is 96.6 Å². The Bertz CT molecular complexity index is 2350. The Morgan fingerprint density at radius 1 is 0.877 bits per heavy atom. The lowest BCUT2D eigenvalue weighted by atomic mass is 9.55. The number of ether oxygens (including phenoxy) is 6. The standard InChI is InChI=1S/C53H62N2O10/c1-5-26-62-53-49(55(52(58)59-6-2)32-38-19-22-47-48(28-38)61-34-60-47)31-45(54-63-33-37-14-8-7-9-15-37)43-29-39(16-10-12-24-56)42(17-11-13-25-57)50(51(43)53)44-30-41(21-23-46(44)65-53)64-40-20-18-35(3)36(4)27-40/h5,7-9,14-15,18-23,27-30,39,42,49-51,56-57H,1,6,10-13,16-17,24-26,31-34H2,2-4H3/t39-,42+,49-,50+,51+,53+/m0/s1. The molecule has 8 rings (SSSR count). The van der Waals surface area contributed by atoms with Crippen LogP contribution in [0.5, 0.6) is 28.7 Å². The monoisotopic (exact) mass is 886 g/mol. The molecule has 2 aliphatic carbocycles. The molecule has 6 atom stereocenters. The summed E-state index contributed by atoms with van der Waals surface area (Å²) in [6, 6.07) is 26.9. The third kappa shape index (κ3) is 9.90. The maximum Gasteiger partial charge on any atom is 0.410 e. The summed E-state index contributed by atoms with van der Waals surface area (Å²) >= 11 is 0. The predicted molar refractivity (Wildman–Crippen MR) is 247 cm³/mol. The third-order valence-electron chi connectivity index (χ3n) is 13.3. The van der Waals surface area contributed by atoms with Crippen LogP contribution < -0.4 is 18.9 Å². The molecular weight excluding hydrogens is 825 g/mol. The van der Waals surface area contributed by atoms with Crippen LogP contribution in [0.4, 0.5) is 4.79 Å². The van der Waals surface area contributed by atoms with Crippen LogP contribution in [0.2, 0.25) is 0 Å². The second-order valence-corrected chi connectivity index (χ2v) is 17.4. The second kappa shape index (κ2) is 21.0. The molecule has 4 aliphatic rings. The molecule has 1 saturated carbocycles. The van der Waals surface area contributed by atoms with Crippen molar-refractivity contribution in [3.8, 4) is 28.7 Å². The molecule has 2 heterocycles. The highest BCUT2D eigenvalue weighted by molar-refractivity contribution is 6.03. The molecule has 1 amide bonds. The molecule has 2 N–H and O–H groups in total. The van der Waals surface area contributed by atoms with Crippen LogP contribution in [0.3, 0.4) is 0 Å². The Morgan fingerprint density at radius 2 is 1.63 bits per heavy atom. The summed E-state index contributed by atoms with van der Waals surface area (Å²) < 4.78 is 38.5. The highest BCUT2D eigenvalue weighted by atomic mass is 16.7. The van der Waals surface area contributed by atoms with Gasteiger partial charge in [-0.1, -0.05) is 72.6 Å². The molecule has 4 aromatic rings. The Balaban J connectivity index is 1.33. The number of oxime groups is 1. The van der Waals surface area contributed by atoms with Crippen molar-refractivity contribution in [1.82, 2.24) is 4.90 Å². The van der Waals surface area contributed by atoms with Gasteiger partial charge < -0.3 is 43.5 Å². The summed E-state index contributed by atoms with van der Waals surface area (Å²) in [4.78, 5) is 22.6. The molecule has 0 radical (unpaired) electrons. The van der Waals surface area contributed by atoms with Crippen LogP contribution >= 0.6 is 0 Å². The molecule has 12 nitrogen and oxygen atoms in total. The van der Waals surface area contributed by atoms with Gasteiger partial charge in [-0.15, -0.1) is 6.58 Å². The van der Waals surface area contributed by atoms with E-state index in [-0.39, 0.29) is 70.5 Å². The zero-order valence-corrected chi connectivity index (χ0v) is 37.8. The van der Waals surface area contributed by atoms with Crippen molar-refractivity contribution in [3.63, 3.8) is 0 Å². The first-order chi connectivity index (χ1) is 31.8. The van der Waals surface area contributed by atoms with Crippen LogP contribution in [-0.4, -0.2) is 72.0 Å². The first kappa shape index (κ1) is 45.7. The van der Waals surface area contributed by atoms with Gasteiger partial charge in [-0.05, 0) is 129 Å². The van der Waals surface area contributed by atoms with Gasteiger partial charge in [-0.2, -0.15) is 0 Å². The predicted octanol–water partition coefficient (Wildman–Crippen LogP) is 10.3. The van der Waals surface area contributed by atoms with Crippen LogP contribution in [0.1, 0.15) is 85.6 Å². The molecule has 12 heteroatoms. The number of carbonyl (C=O) groups excluding carboxylic acids is 1. The molecule has 344 valence electrons. The molecule has 0 unspecified atom stereocenters. The lowest BCUT2D eigenvalue weighted by Crippen LogP contribution is -2.70. The number of amides is 1. The average molecular weight is 887 g/mol. The van der Waals surface area contributed by atoms with Crippen molar-refractivity contribution in [3.05, 3.63) is 137 Å². The lowest BCUT2D eigenvalue weighted by molar-refractivity contribution is -0.256. The average Bonchev–Trinajstić information content (AvgIpc) is 3.79. The zero-order valence-electron chi connectivity index (χ0n) is 37.8.